The molecule has 1 aliphatic rings. The first-order valence-electron chi connectivity index (χ1n) is 7.87. The summed E-state index contributed by atoms with van der Waals surface area (Å²) in [4.78, 5) is 14.3. The van der Waals surface area contributed by atoms with Crippen LogP contribution in [0.5, 0.6) is 0 Å². The summed E-state index contributed by atoms with van der Waals surface area (Å²) in [6, 6.07) is 12.6. The van der Waals surface area contributed by atoms with E-state index in [1.165, 1.54) is 11.3 Å². The Morgan fingerprint density at radius 3 is 3.00 bits per heavy atom. The molecule has 1 atom stereocenters. The summed E-state index contributed by atoms with van der Waals surface area (Å²) >= 11 is 0. The van der Waals surface area contributed by atoms with Crippen LogP contribution >= 0.6 is 0 Å². The predicted molar refractivity (Wildman–Crippen MR) is 87.0 cm³/mol. The van der Waals surface area contributed by atoms with Crippen molar-refractivity contribution in [3.8, 4) is 0 Å². The zero-order valence-corrected chi connectivity index (χ0v) is 12.9. The Bertz CT molecular complexity index is 622. The van der Waals surface area contributed by atoms with E-state index in [2.05, 4.69) is 41.4 Å². The maximum Gasteiger partial charge on any atom is 0.220 e. The summed E-state index contributed by atoms with van der Waals surface area (Å²) in [5, 5.41) is 3.03. The summed E-state index contributed by atoms with van der Waals surface area (Å²) < 4.78 is 5.24. The van der Waals surface area contributed by atoms with E-state index in [1.54, 1.807) is 6.26 Å². The van der Waals surface area contributed by atoms with Gasteiger partial charge in [-0.25, -0.2) is 0 Å². The van der Waals surface area contributed by atoms with Gasteiger partial charge in [-0.1, -0.05) is 18.2 Å². The van der Waals surface area contributed by atoms with Crippen molar-refractivity contribution in [2.45, 2.75) is 32.2 Å². The number of nitrogens with one attached hydrogen (secondary N) is 1. The van der Waals surface area contributed by atoms with Crippen molar-refractivity contribution < 1.29 is 9.21 Å². The predicted octanol–water partition coefficient (Wildman–Crippen LogP) is 2.78. The third kappa shape index (κ3) is 3.32. The molecule has 0 saturated carbocycles. The SMILES string of the molecule is C[C@H](CNC(=O)CCc1ccco1)N1CCc2ccccc21. The van der Waals surface area contributed by atoms with E-state index in [4.69, 9.17) is 4.42 Å². The second-order valence-corrected chi connectivity index (χ2v) is 5.80. The van der Waals surface area contributed by atoms with Crippen LogP contribution in [0.2, 0.25) is 0 Å². The van der Waals surface area contributed by atoms with Gasteiger partial charge in [0.25, 0.3) is 0 Å². The van der Waals surface area contributed by atoms with Crippen molar-refractivity contribution >= 4 is 11.6 Å². The molecule has 4 heteroatoms. The zero-order valence-electron chi connectivity index (χ0n) is 12.9. The van der Waals surface area contributed by atoms with Gasteiger partial charge in [-0.3, -0.25) is 4.79 Å². The van der Waals surface area contributed by atoms with Gasteiger partial charge in [-0.05, 0) is 37.1 Å². The number of anilines is 1. The largest absolute Gasteiger partial charge is 0.469 e. The highest BCUT2D eigenvalue weighted by Gasteiger charge is 2.22. The Morgan fingerprint density at radius 1 is 1.32 bits per heavy atom. The van der Waals surface area contributed by atoms with Crippen molar-refractivity contribution in [2.75, 3.05) is 18.0 Å². The molecule has 1 N–H and O–H groups in total. The normalized spacial score (nSPS) is 14.7. The monoisotopic (exact) mass is 298 g/mol. The fraction of sp³-hybridized carbons (Fsp3) is 0.389. The van der Waals surface area contributed by atoms with Gasteiger partial charge in [0.1, 0.15) is 5.76 Å². The van der Waals surface area contributed by atoms with Gasteiger partial charge in [-0.2, -0.15) is 0 Å². The second-order valence-electron chi connectivity index (χ2n) is 5.80. The van der Waals surface area contributed by atoms with Crippen LogP contribution in [0.3, 0.4) is 0 Å². The summed E-state index contributed by atoms with van der Waals surface area (Å²) in [6.45, 7) is 3.86. The van der Waals surface area contributed by atoms with Gasteiger partial charge in [0.15, 0.2) is 0 Å². The van der Waals surface area contributed by atoms with E-state index in [-0.39, 0.29) is 5.91 Å². The van der Waals surface area contributed by atoms with Gasteiger partial charge in [-0.15, -0.1) is 0 Å². The number of hydrogen-bond donors (Lipinski definition) is 1. The second kappa shape index (κ2) is 6.69. The molecule has 22 heavy (non-hydrogen) atoms. The molecule has 0 fully saturated rings. The number of furan rings is 1. The number of hydrogen-bond acceptors (Lipinski definition) is 3. The van der Waals surface area contributed by atoms with Crippen LogP contribution in [-0.2, 0) is 17.6 Å². The number of para-hydroxylation sites is 1. The number of carbonyl (C=O) groups excluding carboxylic acids is 1. The quantitative estimate of drug-likeness (QED) is 0.892. The highest BCUT2D eigenvalue weighted by molar-refractivity contribution is 5.76. The molecule has 4 nitrogen and oxygen atoms in total. The first kappa shape index (κ1) is 14.7. The molecule has 2 aromatic rings. The van der Waals surface area contributed by atoms with Crippen LogP contribution in [0.4, 0.5) is 5.69 Å². The highest BCUT2D eigenvalue weighted by Crippen LogP contribution is 2.28. The molecule has 0 bridgehead atoms. The van der Waals surface area contributed by atoms with Crippen LogP contribution < -0.4 is 10.2 Å². The van der Waals surface area contributed by atoms with Gasteiger partial charge in [0.05, 0.1) is 6.26 Å². The molecule has 116 valence electrons. The summed E-state index contributed by atoms with van der Waals surface area (Å²) in [6.07, 6.45) is 3.85. The lowest BCUT2D eigenvalue weighted by Crippen LogP contribution is -2.41. The average molecular weight is 298 g/mol. The minimum Gasteiger partial charge on any atom is -0.469 e. The Morgan fingerprint density at radius 2 is 2.18 bits per heavy atom. The standard InChI is InChI=1S/C18H22N2O2/c1-14(20-11-10-15-5-2-3-7-17(15)20)13-19-18(21)9-8-16-6-4-12-22-16/h2-7,12,14H,8-11,13H2,1H3,(H,19,21)/t14-/m1/s1. The molecule has 0 saturated heterocycles. The zero-order chi connectivity index (χ0) is 15.4. The molecule has 0 radical (unpaired) electrons. The van der Waals surface area contributed by atoms with Crippen molar-refractivity contribution in [3.05, 3.63) is 54.0 Å². The minimum absolute atomic E-state index is 0.0794. The smallest absolute Gasteiger partial charge is 0.220 e. The van der Waals surface area contributed by atoms with Crippen molar-refractivity contribution in [1.29, 1.82) is 0 Å². The third-order valence-corrected chi connectivity index (χ3v) is 4.23. The molecule has 0 unspecified atom stereocenters. The van der Waals surface area contributed by atoms with Gasteiger partial charge >= 0.3 is 0 Å². The lowest BCUT2D eigenvalue weighted by atomic mass is 10.2. The van der Waals surface area contributed by atoms with Crippen LogP contribution in [0, 0.1) is 0 Å². The third-order valence-electron chi connectivity index (χ3n) is 4.23. The van der Waals surface area contributed by atoms with Crippen molar-refractivity contribution in [2.24, 2.45) is 0 Å². The van der Waals surface area contributed by atoms with E-state index < -0.39 is 0 Å². The molecule has 1 amide bonds. The van der Waals surface area contributed by atoms with Crippen molar-refractivity contribution in [3.63, 3.8) is 0 Å². The number of rotatable bonds is 6. The molecule has 1 aliphatic heterocycles. The van der Waals surface area contributed by atoms with E-state index in [1.807, 2.05) is 12.1 Å². The summed E-state index contributed by atoms with van der Waals surface area (Å²) in [5.74, 6) is 0.937. The molecule has 0 aliphatic carbocycles. The van der Waals surface area contributed by atoms with Gasteiger partial charge in [0, 0.05) is 37.7 Å². The first-order chi connectivity index (χ1) is 10.7. The minimum atomic E-state index is 0.0794. The first-order valence-corrected chi connectivity index (χ1v) is 7.87. The maximum absolute atomic E-state index is 11.9. The van der Waals surface area contributed by atoms with Crippen molar-refractivity contribution in [1.82, 2.24) is 5.32 Å². The van der Waals surface area contributed by atoms with Crippen LogP contribution in [-0.4, -0.2) is 25.0 Å². The van der Waals surface area contributed by atoms with E-state index in [9.17, 15) is 4.79 Å². The topological polar surface area (TPSA) is 45.5 Å². The van der Waals surface area contributed by atoms with Gasteiger partial charge in [0.2, 0.25) is 5.91 Å². The Labute approximate surface area is 131 Å². The van der Waals surface area contributed by atoms with E-state index >= 15 is 0 Å². The Kier molecular flexibility index (Phi) is 4.47. The Balaban J connectivity index is 1.46. The summed E-state index contributed by atoms with van der Waals surface area (Å²) in [5.41, 5.74) is 2.71. The molecule has 2 heterocycles. The summed E-state index contributed by atoms with van der Waals surface area (Å²) in [7, 11) is 0. The maximum atomic E-state index is 11.9. The molecule has 1 aromatic heterocycles. The lowest BCUT2D eigenvalue weighted by Gasteiger charge is -2.27. The fourth-order valence-corrected chi connectivity index (χ4v) is 2.97. The lowest BCUT2D eigenvalue weighted by molar-refractivity contribution is -0.121. The molecule has 0 spiro atoms. The average Bonchev–Trinajstić information content (AvgIpc) is 3.19. The van der Waals surface area contributed by atoms with Crippen LogP contribution in [0.25, 0.3) is 0 Å². The van der Waals surface area contributed by atoms with Crippen LogP contribution in [0.15, 0.2) is 47.1 Å². The molecule has 3 rings (SSSR count). The fourth-order valence-electron chi connectivity index (χ4n) is 2.97. The van der Waals surface area contributed by atoms with E-state index in [0.29, 0.717) is 25.4 Å². The molecular weight excluding hydrogens is 276 g/mol. The van der Waals surface area contributed by atoms with Crippen LogP contribution in [0.1, 0.15) is 24.7 Å². The Hall–Kier alpha value is -2.23. The number of benzene rings is 1. The number of amides is 1. The number of fused-ring (bicyclic) bond motifs is 1. The number of nitrogens with zero attached hydrogens (tertiary/aromatic N) is 1. The molecule has 1 aromatic carbocycles. The highest BCUT2D eigenvalue weighted by atomic mass is 16.3. The number of carbonyl (C=O) groups is 1. The van der Waals surface area contributed by atoms with E-state index in [0.717, 1.165) is 18.7 Å². The number of aryl methyl sites for hydroxylation is 1. The van der Waals surface area contributed by atoms with Gasteiger partial charge < -0.3 is 14.6 Å². The molecular formula is C18H22N2O2.